The first-order valence-electron chi connectivity index (χ1n) is 11.0. The molecule has 0 radical (unpaired) electrons. The van der Waals surface area contributed by atoms with Crippen LogP contribution in [0.4, 0.5) is 0 Å². The van der Waals surface area contributed by atoms with Gasteiger partial charge in [-0.15, -0.1) is 10.2 Å². The van der Waals surface area contributed by atoms with E-state index in [1.807, 2.05) is 25.1 Å². The summed E-state index contributed by atoms with van der Waals surface area (Å²) in [5, 5.41) is 17.6. The third-order valence-electron chi connectivity index (χ3n) is 5.46. The van der Waals surface area contributed by atoms with Gasteiger partial charge < -0.3 is 0 Å². The van der Waals surface area contributed by atoms with E-state index in [-0.39, 0.29) is 11.7 Å². The number of fused-ring (bicyclic) bond motifs is 2. The number of carbonyl (C=O) groups is 1. The summed E-state index contributed by atoms with van der Waals surface area (Å²) >= 11 is 4.55. The molecule has 5 aromatic rings. The second kappa shape index (κ2) is 11.0. The van der Waals surface area contributed by atoms with Gasteiger partial charge in [0.25, 0.3) is 5.91 Å². The molecule has 1 aromatic heterocycles. The predicted octanol–water partition coefficient (Wildman–Crippen LogP) is 6.77. The van der Waals surface area contributed by atoms with Crippen molar-refractivity contribution in [2.75, 3.05) is 5.75 Å². The fourth-order valence-corrected chi connectivity index (χ4v) is 6.47. The van der Waals surface area contributed by atoms with E-state index in [0.29, 0.717) is 0 Å². The van der Waals surface area contributed by atoms with E-state index < -0.39 is 0 Å². The lowest BCUT2D eigenvalue weighted by Crippen LogP contribution is -2.21. The molecule has 0 saturated carbocycles. The molecule has 0 unspecified atom stereocenters. The minimum Gasteiger partial charge on any atom is -0.272 e. The Hall–Kier alpha value is -3.20. The van der Waals surface area contributed by atoms with Crippen molar-refractivity contribution >= 4 is 68.0 Å². The summed E-state index contributed by atoms with van der Waals surface area (Å²) in [7, 11) is 0. The molecular formula is C27H22N4OS3. The second-order valence-electron chi connectivity index (χ2n) is 7.84. The molecule has 0 spiro atoms. The van der Waals surface area contributed by atoms with Crippen LogP contribution in [-0.4, -0.2) is 27.6 Å². The molecule has 174 valence electrons. The zero-order valence-electron chi connectivity index (χ0n) is 19.0. The van der Waals surface area contributed by atoms with Gasteiger partial charge >= 0.3 is 0 Å². The molecule has 1 N–H and O–H groups in total. The Morgan fingerprint density at radius 1 is 0.857 bits per heavy atom. The Morgan fingerprint density at radius 2 is 1.57 bits per heavy atom. The smallest absolute Gasteiger partial charge is 0.250 e. The van der Waals surface area contributed by atoms with Crippen molar-refractivity contribution in [3.8, 4) is 0 Å². The first-order valence-corrected chi connectivity index (χ1v) is 13.8. The number of nitrogens with zero attached hydrogens (tertiary/aromatic N) is 3. The molecule has 5 nitrogen and oxygen atoms in total. The summed E-state index contributed by atoms with van der Waals surface area (Å²) in [6.07, 6.45) is 0. The van der Waals surface area contributed by atoms with Crippen molar-refractivity contribution in [2.24, 2.45) is 5.10 Å². The Kier molecular flexibility index (Phi) is 7.42. The number of thioether (sulfide) groups is 2. The van der Waals surface area contributed by atoms with Crippen LogP contribution in [0.15, 0.2) is 98.7 Å². The number of nitrogens with one attached hydrogen (secondary N) is 1. The highest BCUT2D eigenvalue weighted by molar-refractivity contribution is 8.03. The molecule has 0 aliphatic carbocycles. The Labute approximate surface area is 216 Å². The van der Waals surface area contributed by atoms with E-state index in [1.165, 1.54) is 44.8 Å². The molecule has 5 rings (SSSR count). The molecule has 0 bridgehead atoms. The molecule has 0 aliphatic heterocycles. The summed E-state index contributed by atoms with van der Waals surface area (Å²) in [4.78, 5) is 12.3. The van der Waals surface area contributed by atoms with Crippen LogP contribution >= 0.6 is 34.9 Å². The van der Waals surface area contributed by atoms with Crippen LogP contribution < -0.4 is 5.43 Å². The summed E-state index contributed by atoms with van der Waals surface area (Å²) < 4.78 is 1.67. The molecular weight excluding hydrogens is 493 g/mol. The lowest BCUT2D eigenvalue weighted by Gasteiger charge is -2.04. The van der Waals surface area contributed by atoms with Gasteiger partial charge in [0.15, 0.2) is 8.68 Å². The highest BCUT2D eigenvalue weighted by atomic mass is 32.2. The van der Waals surface area contributed by atoms with Gasteiger partial charge in [-0.05, 0) is 45.7 Å². The van der Waals surface area contributed by atoms with Crippen LogP contribution in [0.3, 0.4) is 0 Å². The van der Waals surface area contributed by atoms with Gasteiger partial charge in [-0.25, -0.2) is 5.43 Å². The number of hydrogen-bond acceptors (Lipinski definition) is 7. The van der Waals surface area contributed by atoms with Crippen molar-refractivity contribution in [3.05, 3.63) is 96.1 Å². The van der Waals surface area contributed by atoms with E-state index in [1.54, 1.807) is 11.8 Å². The largest absolute Gasteiger partial charge is 0.272 e. The van der Waals surface area contributed by atoms with Crippen molar-refractivity contribution in [1.82, 2.24) is 15.6 Å². The van der Waals surface area contributed by atoms with E-state index in [2.05, 4.69) is 87.5 Å². The molecule has 0 saturated heterocycles. The van der Waals surface area contributed by atoms with Crippen LogP contribution in [0, 0.1) is 0 Å². The van der Waals surface area contributed by atoms with Gasteiger partial charge in [-0.3, -0.25) is 4.79 Å². The highest BCUT2D eigenvalue weighted by Gasteiger charge is 2.10. The number of aromatic nitrogens is 2. The van der Waals surface area contributed by atoms with E-state index in [4.69, 9.17) is 0 Å². The minimum atomic E-state index is -0.171. The van der Waals surface area contributed by atoms with Crippen molar-refractivity contribution < 1.29 is 4.79 Å². The molecule has 1 heterocycles. The summed E-state index contributed by atoms with van der Waals surface area (Å²) in [5.41, 5.74) is 5.67. The quantitative estimate of drug-likeness (QED) is 0.141. The van der Waals surface area contributed by atoms with Crippen LogP contribution in [0.5, 0.6) is 0 Å². The lowest BCUT2D eigenvalue weighted by atomic mass is 10.0. The fourth-order valence-electron chi connectivity index (χ4n) is 3.66. The number of benzene rings is 4. The second-order valence-corrected chi connectivity index (χ2v) is 11.3. The zero-order valence-corrected chi connectivity index (χ0v) is 21.4. The zero-order chi connectivity index (χ0) is 24.0. The van der Waals surface area contributed by atoms with Crippen molar-refractivity contribution in [2.45, 2.75) is 21.4 Å². The Morgan fingerprint density at radius 3 is 2.43 bits per heavy atom. The number of hydrazone groups is 1. The number of amides is 1. The molecule has 1 amide bonds. The highest BCUT2D eigenvalue weighted by Crippen LogP contribution is 2.32. The topological polar surface area (TPSA) is 67.2 Å². The van der Waals surface area contributed by atoms with Crippen LogP contribution in [0.2, 0.25) is 0 Å². The molecule has 0 atom stereocenters. The van der Waals surface area contributed by atoms with Gasteiger partial charge in [0, 0.05) is 5.75 Å². The van der Waals surface area contributed by atoms with Gasteiger partial charge in [-0.2, -0.15) is 5.10 Å². The standard InChI is InChI=1S/C27H22N4OS3/c1-18(21-14-13-19-7-2-3-9-22(19)15-21)28-29-25(32)17-34-27-31-30-26(35-27)33-16-23-11-6-10-20-8-4-5-12-24(20)23/h2-15H,16-17H2,1H3,(H,29,32). The van der Waals surface area contributed by atoms with Gasteiger partial charge in [0.2, 0.25) is 0 Å². The van der Waals surface area contributed by atoms with Gasteiger partial charge in [0.1, 0.15) is 0 Å². The summed E-state index contributed by atoms with van der Waals surface area (Å²) in [6.45, 7) is 1.89. The van der Waals surface area contributed by atoms with Crippen LogP contribution in [0.1, 0.15) is 18.1 Å². The third-order valence-corrected chi connectivity index (χ3v) is 8.70. The number of carbonyl (C=O) groups excluding carboxylic acids is 1. The van der Waals surface area contributed by atoms with Crippen LogP contribution in [0.25, 0.3) is 21.5 Å². The minimum absolute atomic E-state index is 0.171. The maximum Gasteiger partial charge on any atom is 0.250 e. The average Bonchev–Trinajstić information content (AvgIpc) is 3.37. The van der Waals surface area contributed by atoms with E-state index in [0.717, 1.165) is 31.1 Å². The summed E-state index contributed by atoms with van der Waals surface area (Å²) in [6, 6.07) is 29.1. The first kappa shape index (κ1) is 23.5. The van der Waals surface area contributed by atoms with Crippen molar-refractivity contribution in [1.29, 1.82) is 0 Å². The normalized spacial score (nSPS) is 11.7. The maximum absolute atomic E-state index is 12.3. The molecule has 0 aliphatic rings. The molecule has 35 heavy (non-hydrogen) atoms. The Bertz CT molecular complexity index is 1520. The molecule has 0 fully saturated rings. The van der Waals surface area contributed by atoms with Crippen LogP contribution in [-0.2, 0) is 10.5 Å². The average molecular weight is 515 g/mol. The SMILES string of the molecule is CC(=NNC(=O)CSc1nnc(SCc2cccc3ccccc23)s1)c1ccc2ccccc2c1. The lowest BCUT2D eigenvalue weighted by molar-refractivity contribution is -0.118. The molecule has 4 aromatic carbocycles. The van der Waals surface area contributed by atoms with Crippen molar-refractivity contribution in [3.63, 3.8) is 0 Å². The Balaban J connectivity index is 1.13. The number of rotatable bonds is 8. The van der Waals surface area contributed by atoms with Gasteiger partial charge in [0.05, 0.1) is 11.5 Å². The third kappa shape index (κ3) is 5.90. The van der Waals surface area contributed by atoms with E-state index in [9.17, 15) is 4.79 Å². The maximum atomic E-state index is 12.3. The summed E-state index contributed by atoms with van der Waals surface area (Å²) in [5.74, 6) is 0.886. The van der Waals surface area contributed by atoms with E-state index >= 15 is 0 Å². The first-order chi connectivity index (χ1) is 17.2. The predicted molar refractivity (Wildman–Crippen MR) is 148 cm³/mol. The number of hydrogen-bond donors (Lipinski definition) is 1. The fraction of sp³-hybridized carbons (Fsp3) is 0.111. The van der Waals surface area contributed by atoms with Gasteiger partial charge in [-0.1, -0.05) is 114 Å². The monoisotopic (exact) mass is 514 g/mol. The molecule has 8 heteroatoms.